The van der Waals surface area contributed by atoms with Gasteiger partial charge in [0.25, 0.3) is 11.1 Å². The van der Waals surface area contributed by atoms with E-state index in [4.69, 9.17) is 9.47 Å². The van der Waals surface area contributed by atoms with Crippen molar-refractivity contribution in [1.29, 1.82) is 5.26 Å². The number of nitriles is 1. The number of aryl methyl sites for hydroxylation is 1. The molecule has 0 atom stereocenters. The number of ether oxygens (including phenoxy) is 2. The van der Waals surface area contributed by atoms with Gasteiger partial charge in [0.1, 0.15) is 23.1 Å². The SMILES string of the molecule is CCc1ccc(OCCCOc2ccc(C=C(C#N)C(=O)Nc3nc(S(C)(=O)=O)ns3)cc2)cc1. The molecule has 3 aromatic rings. The molecule has 0 saturated heterocycles. The third kappa shape index (κ3) is 7.91. The molecule has 0 radical (unpaired) electrons. The summed E-state index contributed by atoms with van der Waals surface area (Å²) in [5.41, 5.74) is 1.72. The molecule has 11 heteroatoms. The smallest absolute Gasteiger partial charge is 0.268 e. The van der Waals surface area contributed by atoms with Crippen LogP contribution in [-0.4, -0.2) is 43.2 Å². The van der Waals surface area contributed by atoms with E-state index in [0.717, 1.165) is 30.0 Å². The van der Waals surface area contributed by atoms with Gasteiger partial charge in [-0.2, -0.15) is 14.6 Å². The summed E-state index contributed by atoms with van der Waals surface area (Å²) in [6.45, 7) is 3.12. The molecule has 0 unspecified atom stereocenters. The predicted octanol–water partition coefficient (Wildman–Crippen LogP) is 3.90. The predicted molar refractivity (Wildman–Crippen MR) is 133 cm³/mol. The Balaban J connectivity index is 1.48. The molecule has 1 amide bonds. The zero-order valence-electron chi connectivity index (χ0n) is 19.2. The highest BCUT2D eigenvalue weighted by molar-refractivity contribution is 7.90. The molecule has 1 heterocycles. The van der Waals surface area contributed by atoms with E-state index in [1.165, 1.54) is 11.6 Å². The van der Waals surface area contributed by atoms with Gasteiger partial charge in [0.05, 0.1) is 13.2 Å². The highest BCUT2D eigenvalue weighted by Crippen LogP contribution is 2.18. The third-order valence-electron chi connectivity index (χ3n) is 4.67. The number of anilines is 1. The minimum atomic E-state index is -3.58. The van der Waals surface area contributed by atoms with Crippen molar-refractivity contribution in [2.45, 2.75) is 24.9 Å². The first-order valence-electron chi connectivity index (χ1n) is 10.7. The molecule has 3 rings (SSSR count). The Morgan fingerprint density at radius 2 is 1.69 bits per heavy atom. The second-order valence-corrected chi connectivity index (χ2v) is 10.1. The second-order valence-electron chi connectivity index (χ2n) is 7.40. The number of nitrogens with one attached hydrogen (secondary N) is 1. The highest BCUT2D eigenvalue weighted by Gasteiger charge is 2.17. The largest absolute Gasteiger partial charge is 0.493 e. The Kier molecular flexibility index (Phi) is 8.94. The molecule has 35 heavy (non-hydrogen) atoms. The molecule has 0 bridgehead atoms. The number of sulfone groups is 1. The maximum Gasteiger partial charge on any atom is 0.268 e. The summed E-state index contributed by atoms with van der Waals surface area (Å²) >= 11 is 0.718. The first kappa shape index (κ1) is 25.9. The Labute approximate surface area is 208 Å². The molecule has 1 N–H and O–H groups in total. The van der Waals surface area contributed by atoms with E-state index in [1.54, 1.807) is 24.3 Å². The van der Waals surface area contributed by atoms with Crippen LogP contribution < -0.4 is 14.8 Å². The second kappa shape index (κ2) is 12.1. The minimum absolute atomic E-state index is 0.0118. The number of hydrogen-bond acceptors (Lipinski definition) is 9. The number of carbonyl (C=O) groups is 1. The Bertz CT molecular complexity index is 1330. The normalized spacial score (nSPS) is 11.5. The molecular formula is C24H24N4O5S2. The van der Waals surface area contributed by atoms with Crippen LogP contribution in [0.4, 0.5) is 5.13 Å². The number of rotatable bonds is 11. The Hall–Kier alpha value is -3.75. The number of carbonyl (C=O) groups excluding carboxylic acids is 1. The lowest BCUT2D eigenvalue weighted by molar-refractivity contribution is -0.112. The Morgan fingerprint density at radius 1 is 1.09 bits per heavy atom. The van der Waals surface area contributed by atoms with Crippen LogP contribution in [0.5, 0.6) is 11.5 Å². The van der Waals surface area contributed by atoms with Crippen LogP contribution >= 0.6 is 11.5 Å². The lowest BCUT2D eigenvalue weighted by atomic mass is 10.1. The van der Waals surface area contributed by atoms with Crippen LogP contribution in [0.25, 0.3) is 6.08 Å². The summed E-state index contributed by atoms with van der Waals surface area (Å²) in [4.78, 5) is 16.1. The van der Waals surface area contributed by atoms with Crippen LogP contribution in [0.15, 0.2) is 59.3 Å². The number of benzene rings is 2. The van der Waals surface area contributed by atoms with Crippen molar-refractivity contribution in [1.82, 2.24) is 9.36 Å². The molecule has 2 aromatic carbocycles. The topological polar surface area (TPSA) is 131 Å². The van der Waals surface area contributed by atoms with Crippen molar-refractivity contribution in [3.8, 4) is 17.6 Å². The summed E-state index contributed by atoms with van der Waals surface area (Å²) in [6.07, 6.45) is 4.08. The third-order valence-corrected chi connectivity index (χ3v) is 6.27. The zero-order valence-corrected chi connectivity index (χ0v) is 20.9. The van der Waals surface area contributed by atoms with Gasteiger partial charge >= 0.3 is 0 Å². The fourth-order valence-corrected chi connectivity index (χ4v) is 4.25. The van der Waals surface area contributed by atoms with Gasteiger partial charge in [-0.15, -0.1) is 0 Å². The van der Waals surface area contributed by atoms with Crippen LogP contribution in [-0.2, 0) is 21.1 Å². The van der Waals surface area contributed by atoms with Crippen LogP contribution in [0.2, 0.25) is 0 Å². The van der Waals surface area contributed by atoms with Crippen LogP contribution in [0.3, 0.4) is 0 Å². The lowest BCUT2D eigenvalue weighted by Crippen LogP contribution is -2.13. The molecule has 0 saturated carbocycles. The maximum atomic E-state index is 12.4. The minimum Gasteiger partial charge on any atom is -0.493 e. The Morgan fingerprint density at radius 3 is 2.20 bits per heavy atom. The molecular weight excluding hydrogens is 488 g/mol. The quantitative estimate of drug-likeness (QED) is 0.232. The monoisotopic (exact) mass is 512 g/mol. The standard InChI is InChI=1S/C24H24N4O5S2/c1-3-17-5-9-20(10-6-17)32-13-4-14-33-21-11-7-18(8-12-21)15-19(16-25)22(29)26-23-27-24(28-34-23)35(2,30)31/h5-12,15H,3-4,13-14H2,1-2H3,(H,26,27,28,29). The van der Waals surface area contributed by atoms with Gasteiger partial charge in [0.15, 0.2) is 0 Å². The summed E-state index contributed by atoms with van der Waals surface area (Å²) in [6, 6.07) is 16.8. The molecule has 9 nitrogen and oxygen atoms in total. The molecule has 0 aliphatic carbocycles. The van der Waals surface area contributed by atoms with E-state index in [2.05, 4.69) is 21.6 Å². The molecule has 0 aliphatic rings. The molecule has 1 aromatic heterocycles. The van der Waals surface area contributed by atoms with Gasteiger partial charge in [-0.3, -0.25) is 10.1 Å². The average molecular weight is 513 g/mol. The van der Waals surface area contributed by atoms with Gasteiger partial charge < -0.3 is 9.47 Å². The van der Waals surface area contributed by atoms with Crippen LogP contribution in [0.1, 0.15) is 24.5 Å². The van der Waals surface area contributed by atoms with Crippen molar-refractivity contribution in [3.63, 3.8) is 0 Å². The van der Waals surface area contributed by atoms with Gasteiger partial charge in [0.2, 0.25) is 15.0 Å². The van der Waals surface area contributed by atoms with Crippen molar-refractivity contribution in [2.75, 3.05) is 24.8 Å². The summed E-state index contributed by atoms with van der Waals surface area (Å²) in [7, 11) is -3.58. The van der Waals surface area contributed by atoms with Gasteiger partial charge in [0, 0.05) is 24.2 Å². The first-order valence-corrected chi connectivity index (χ1v) is 13.4. The number of aromatic nitrogens is 2. The molecule has 0 spiro atoms. The molecule has 182 valence electrons. The van der Waals surface area contributed by atoms with Crippen molar-refractivity contribution in [2.24, 2.45) is 0 Å². The first-order chi connectivity index (χ1) is 16.8. The fourth-order valence-electron chi connectivity index (χ4n) is 2.81. The summed E-state index contributed by atoms with van der Waals surface area (Å²) < 4.78 is 38.0. The average Bonchev–Trinajstić information content (AvgIpc) is 3.32. The van der Waals surface area contributed by atoms with Gasteiger partial charge in [-0.05, 0) is 47.9 Å². The highest BCUT2D eigenvalue weighted by atomic mass is 32.2. The van der Waals surface area contributed by atoms with E-state index >= 15 is 0 Å². The van der Waals surface area contributed by atoms with Crippen molar-refractivity contribution >= 4 is 38.5 Å². The number of hydrogen-bond donors (Lipinski definition) is 1. The van der Waals surface area contributed by atoms with E-state index in [9.17, 15) is 18.5 Å². The zero-order chi connectivity index (χ0) is 25.3. The van der Waals surface area contributed by atoms with Crippen molar-refractivity contribution in [3.05, 3.63) is 65.2 Å². The lowest BCUT2D eigenvalue weighted by Gasteiger charge is -2.09. The molecule has 0 aliphatic heterocycles. The van der Waals surface area contributed by atoms with E-state index in [1.807, 2.05) is 30.3 Å². The number of nitrogens with zero attached hydrogens (tertiary/aromatic N) is 3. The van der Waals surface area contributed by atoms with E-state index < -0.39 is 15.7 Å². The summed E-state index contributed by atoms with van der Waals surface area (Å²) in [5.74, 6) is 0.769. The van der Waals surface area contributed by atoms with Crippen molar-refractivity contribution < 1.29 is 22.7 Å². The summed E-state index contributed by atoms with van der Waals surface area (Å²) in [5, 5.41) is 11.4. The molecule has 0 fully saturated rings. The van der Waals surface area contributed by atoms with Crippen LogP contribution in [0, 0.1) is 11.3 Å². The van der Waals surface area contributed by atoms with Gasteiger partial charge in [-0.1, -0.05) is 31.2 Å². The number of amides is 1. The van der Waals surface area contributed by atoms with E-state index in [-0.39, 0.29) is 15.9 Å². The van der Waals surface area contributed by atoms with Gasteiger partial charge in [-0.25, -0.2) is 8.42 Å². The maximum absolute atomic E-state index is 12.4. The fraction of sp³-hybridized carbons (Fsp3) is 0.250. The van der Waals surface area contributed by atoms with E-state index in [0.29, 0.717) is 30.9 Å².